The molecule has 0 aromatic rings. The molecular weight excluding hydrogens is 223 g/mol. The van der Waals surface area contributed by atoms with Gasteiger partial charge in [0.25, 0.3) is 0 Å². The van der Waals surface area contributed by atoms with Gasteiger partial charge in [-0.2, -0.15) is 0 Å². The maximum atomic E-state index is 11.2. The Morgan fingerprint density at radius 3 is 2.75 bits per heavy atom. The minimum absolute atomic E-state index is 0. The summed E-state index contributed by atoms with van der Waals surface area (Å²) in [5.74, 6) is 0.0797. The van der Waals surface area contributed by atoms with Crippen LogP contribution in [-0.4, -0.2) is 29.6 Å². The first kappa shape index (κ1) is 15.5. The molecule has 0 aromatic carbocycles. The Kier molecular flexibility index (Phi) is 5.54. The number of hydrogen-bond acceptors (Lipinski definition) is 5. The van der Waals surface area contributed by atoms with E-state index in [1.807, 2.05) is 6.92 Å². The van der Waals surface area contributed by atoms with Gasteiger partial charge in [-0.1, -0.05) is 6.92 Å². The third-order valence-electron chi connectivity index (χ3n) is 2.56. The number of nitrogens with one attached hydrogen (secondary N) is 1. The van der Waals surface area contributed by atoms with Crippen molar-refractivity contribution in [3.8, 4) is 0 Å². The zero-order chi connectivity index (χ0) is 11.6. The van der Waals surface area contributed by atoms with Crippen LogP contribution in [0.2, 0.25) is 0 Å². The second kappa shape index (κ2) is 5.72. The minimum atomic E-state index is -1.29. The van der Waals surface area contributed by atoms with Crippen molar-refractivity contribution in [1.82, 2.24) is 5.17 Å². The maximum absolute atomic E-state index is 11.2. The molecule has 1 N–H and O–H groups in total. The number of ether oxygens (including phenoxy) is 1. The van der Waals surface area contributed by atoms with Crippen LogP contribution in [0.1, 0.15) is 20.3 Å². The minimum Gasteiger partial charge on any atom is -0.739 e. The molecule has 2 unspecified atom stereocenters. The van der Waals surface area contributed by atoms with Crippen LogP contribution in [0.4, 0.5) is 0 Å². The van der Waals surface area contributed by atoms with E-state index in [1.54, 1.807) is 0 Å². The number of amidine groups is 1. The van der Waals surface area contributed by atoms with E-state index in [-0.39, 0.29) is 52.9 Å². The van der Waals surface area contributed by atoms with Crippen molar-refractivity contribution in [2.45, 2.75) is 25.8 Å². The van der Waals surface area contributed by atoms with E-state index in [0.717, 1.165) is 0 Å². The number of rotatable bonds is 2. The van der Waals surface area contributed by atoms with Crippen molar-refractivity contribution >= 4 is 11.7 Å². The molecular formula is C8H13N4NaO3. The van der Waals surface area contributed by atoms with Crippen molar-refractivity contribution in [1.29, 1.82) is 5.41 Å². The number of methoxy groups -OCH3 is 1. The van der Waals surface area contributed by atoms with Gasteiger partial charge >= 0.3 is 29.6 Å². The van der Waals surface area contributed by atoms with Crippen LogP contribution in [0.15, 0.2) is 10.3 Å². The standard InChI is InChI=1S/C8H13N4O3.Na/c1-5-4-8(2,12(14)11-13)7(9)10-6(5)15-3;/h5,9H,4H2,1-3H3;/q-1;+1. The quantitative estimate of drug-likeness (QED) is 0.350. The fourth-order valence-electron chi connectivity index (χ4n) is 1.63. The van der Waals surface area contributed by atoms with Gasteiger partial charge in [0.2, 0.25) is 0 Å². The number of hydrogen-bond donors (Lipinski definition) is 1. The summed E-state index contributed by atoms with van der Waals surface area (Å²) in [7, 11) is 1.46. The number of hydroxylamine groups is 1. The van der Waals surface area contributed by atoms with Gasteiger partial charge in [-0.3, -0.25) is 5.41 Å². The zero-order valence-electron chi connectivity index (χ0n) is 9.85. The summed E-state index contributed by atoms with van der Waals surface area (Å²) >= 11 is 0. The molecule has 1 heterocycles. The Hall–Kier alpha value is -0.500. The maximum Gasteiger partial charge on any atom is 1.00 e. The number of aliphatic imine (C=N–C) groups is 1. The summed E-state index contributed by atoms with van der Waals surface area (Å²) in [6.45, 7) is 3.28. The van der Waals surface area contributed by atoms with Crippen molar-refractivity contribution in [2.75, 3.05) is 7.11 Å². The van der Waals surface area contributed by atoms with Gasteiger partial charge in [-0.15, -0.1) is 4.91 Å². The summed E-state index contributed by atoms with van der Waals surface area (Å²) in [6.07, 6.45) is 0.285. The van der Waals surface area contributed by atoms with E-state index in [9.17, 15) is 10.1 Å². The first-order valence-electron chi connectivity index (χ1n) is 4.48. The van der Waals surface area contributed by atoms with Crippen LogP contribution in [0.25, 0.3) is 0 Å². The van der Waals surface area contributed by atoms with Crippen LogP contribution in [0, 0.1) is 21.4 Å². The average molecular weight is 236 g/mol. The molecule has 2 atom stereocenters. The molecule has 1 rings (SSSR count). The van der Waals surface area contributed by atoms with Gasteiger partial charge in [-0.05, 0) is 13.3 Å². The molecule has 1 aliphatic heterocycles. The zero-order valence-corrected chi connectivity index (χ0v) is 11.9. The van der Waals surface area contributed by atoms with E-state index in [4.69, 9.17) is 10.1 Å². The molecule has 84 valence electrons. The van der Waals surface area contributed by atoms with Gasteiger partial charge < -0.3 is 15.1 Å². The van der Waals surface area contributed by atoms with E-state index >= 15 is 0 Å². The Morgan fingerprint density at radius 2 is 2.31 bits per heavy atom. The molecule has 0 bridgehead atoms. The molecule has 0 spiro atoms. The second-order valence-electron chi connectivity index (χ2n) is 3.74. The first-order chi connectivity index (χ1) is 6.95. The van der Waals surface area contributed by atoms with Crippen LogP contribution < -0.4 is 29.6 Å². The molecule has 1 aliphatic rings. The Bertz CT molecular complexity index is 322. The van der Waals surface area contributed by atoms with E-state index < -0.39 is 5.54 Å². The Morgan fingerprint density at radius 1 is 1.75 bits per heavy atom. The molecule has 0 saturated heterocycles. The third kappa shape index (κ3) is 2.60. The fraction of sp³-hybridized carbons (Fsp3) is 0.750. The van der Waals surface area contributed by atoms with E-state index in [2.05, 4.69) is 10.3 Å². The largest absolute Gasteiger partial charge is 1.00 e. The molecule has 0 radical (unpaired) electrons. The first-order valence-corrected chi connectivity index (χ1v) is 4.48. The SMILES string of the molecule is COC1=NC(=N)C(C)(N([O-])N=O)CC1C.[Na+]. The van der Waals surface area contributed by atoms with Crippen molar-refractivity contribution in [2.24, 2.45) is 16.2 Å². The smallest absolute Gasteiger partial charge is 0.739 e. The Balaban J connectivity index is 0.00000225. The predicted molar refractivity (Wildman–Crippen MR) is 55.4 cm³/mol. The fourth-order valence-corrected chi connectivity index (χ4v) is 1.63. The van der Waals surface area contributed by atoms with Crippen LogP contribution in [-0.2, 0) is 4.74 Å². The third-order valence-corrected chi connectivity index (χ3v) is 2.56. The molecule has 0 aliphatic carbocycles. The van der Waals surface area contributed by atoms with Crippen LogP contribution in [0.3, 0.4) is 0 Å². The molecule has 16 heavy (non-hydrogen) atoms. The summed E-state index contributed by atoms with van der Waals surface area (Å²) < 4.78 is 4.96. The molecule has 7 nitrogen and oxygen atoms in total. The van der Waals surface area contributed by atoms with Gasteiger partial charge in [-0.25, -0.2) is 4.99 Å². The van der Waals surface area contributed by atoms with Gasteiger partial charge in [0.05, 0.1) is 7.11 Å². The summed E-state index contributed by atoms with van der Waals surface area (Å²) in [4.78, 5) is 14.0. The van der Waals surface area contributed by atoms with Gasteiger partial charge in [0.15, 0.2) is 11.7 Å². The van der Waals surface area contributed by atoms with Crippen LogP contribution >= 0.6 is 0 Å². The number of nitroso groups, excluding NO2 is 1. The van der Waals surface area contributed by atoms with Crippen LogP contribution in [0.5, 0.6) is 0 Å². The molecule has 8 heteroatoms. The number of nitrogens with zero attached hydrogens (tertiary/aromatic N) is 3. The average Bonchev–Trinajstić information content (AvgIpc) is 2.22. The van der Waals surface area contributed by atoms with Crippen molar-refractivity contribution < 1.29 is 34.3 Å². The molecule has 0 amide bonds. The van der Waals surface area contributed by atoms with Gasteiger partial charge in [0, 0.05) is 11.2 Å². The summed E-state index contributed by atoms with van der Waals surface area (Å²) in [5.41, 5.74) is -1.29. The Labute approximate surface area is 116 Å². The molecule has 0 saturated carbocycles. The topological polar surface area (TPSA) is 101 Å². The molecule has 0 aromatic heterocycles. The second-order valence-corrected chi connectivity index (χ2v) is 3.74. The van der Waals surface area contributed by atoms with E-state index in [0.29, 0.717) is 5.90 Å². The summed E-state index contributed by atoms with van der Waals surface area (Å²) in [6, 6.07) is 0. The van der Waals surface area contributed by atoms with E-state index in [1.165, 1.54) is 14.0 Å². The van der Waals surface area contributed by atoms with Gasteiger partial charge in [0.1, 0.15) is 5.54 Å². The van der Waals surface area contributed by atoms with Crippen molar-refractivity contribution in [3.63, 3.8) is 0 Å². The normalized spacial score (nSPS) is 28.9. The monoisotopic (exact) mass is 236 g/mol. The summed E-state index contributed by atoms with van der Waals surface area (Å²) in [5, 5.41) is 21.1. The predicted octanol–water partition coefficient (Wildman–Crippen LogP) is -1.71. The van der Waals surface area contributed by atoms with Crippen molar-refractivity contribution in [3.05, 3.63) is 10.1 Å². The molecule has 0 fully saturated rings.